The van der Waals surface area contributed by atoms with E-state index in [9.17, 15) is 9.59 Å². The van der Waals surface area contributed by atoms with Crippen molar-refractivity contribution in [1.29, 1.82) is 0 Å². The number of methoxy groups -OCH3 is 1. The van der Waals surface area contributed by atoms with Crippen LogP contribution in [0.3, 0.4) is 0 Å². The maximum atomic E-state index is 12.4. The lowest BCUT2D eigenvalue weighted by molar-refractivity contribution is -0.160. The first kappa shape index (κ1) is 15.6. The summed E-state index contributed by atoms with van der Waals surface area (Å²) in [6.45, 7) is 5.44. The minimum absolute atomic E-state index is 0.326. The highest BCUT2D eigenvalue weighted by atomic mass is 16.6. The maximum Gasteiger partial charge on any atom is 0.322 e. The lowest BCUT2D eigenvalue weighted by Crippen LogP contribution is -2.33. The Balaban J connectivity index is 2.19. The van der Waals surface area contributed by atoms with E-state index in [1.807, 2.05) is 20.8 Å². The standard InChI is InChI=1S/C15H21NO5/c1-15(2,3)21-13(17)9-8-10(14(18)19-4)16-12(9)11-6-5-7-20-11/h5-7,9-10,12,16H,8H2,1-4H3/t9-,10-,12+/m0/s1. The molecule has 3 atom stereocenters. The van der Waals surface area contributed by atoms with Crippen molar-refractivity contribution in [2.45, 2.75) is 44.9 Å². The third-order valence-corrected chi connectivity index (χ3v) is 3.32. The molecule has 1 aliphatic rings. The van der Waals surface area contributed by atoms with Gasteiger partial charge in [0.2, 0.25) is 0 Å². The fourth-order valence-electron chi connectivity index (χ4n) is 2.46. The van der Waals surface area contributed by atoms with E-state index in [-0.39, 0.29) is 12.0 Å². The van der Waals surface area contributed by atoms with Gasteiger partial charge in [0.05, 0.1) is 25.3 Å². The molecular formula is C15H21NO5. The predicted octanol–water partition coefficient (Wildman–Crippen LogP) is 1.81. The van der Waals surface area contributed by atoms with Gasteiger partial charge >= 0.3 is 11.9 Å². The predicted molar refractivity (Wildman–Crippen MR) is 74.3 cm³/mol. The lowest BCUT2D eigenvalue weighted by Gasteiger charge is -2.24. The van der Waals surface area contributed by atoms with Gasteiger partial charge in [-0.3, -0.25) is 14.9 Å². The van der Waals surface area contributed by atoms with Gasteiger partial charge in [-0.1, -0.05) is 0 Å². The molecule has 0 radical (unpaired) electrons. The van der Waals surface area contributed by atoms with Crippen molar-refractivity contribution in [3.8, 4) is 0 Å². The van der Waals surface area contributed by atoms with Gasteiger partial charge in [0, 0.05) is 0 Å². The first-order valence-corrected chi connectivity index (χ1v) is 6.92. The molecule has 2 rings (SSSR count). The largest absolute Gasteiger partial charge is 0.468 e. The van der Waals surface area contributed by atoms with Crippen molar-refractivity contribution in [2.24, 2.45) is 5.92 Å². The molecule has 6 nitrogen and oxygen atoms in total. The highest BCUT2D eigenvalue weighted by Gasteiger charge is 2.45. The summed E-state index contributed by atoms with van der Waals surface area (Å²) in [5.41, 5.74) is -0.575. The van der Waals surface area contributed by atoms with Crippen LogP contribution in [0, 0.1) is 5.92 Å². The Hall–Kier alpha value is -1.82. The summed E-state index contributed by atoms with van der Waals surface area (Å²) < 4.78 is 15.6. The van der Waals surface area contributed by atoms with Gasteiger partial charge in [-0.25, -0.2) is 0 Å². The second-order valence-electron chi connectivity index (χ2n) is 6.11. The smallest absolute Gasteiger partial charge is 0.322 e. The molecule has 21 heavy (non-hydrogen) atoms. The quantitative estimate of drug-likeness (QED) is 0.857. The number of nitrogens with one attached hydrogen (secondary N) is 1. The van der Waals surface area contributed by atoms with Crippen LogP contribution in [0.1, 0.15) is 39.0 Å². The van der Waals surface area contributed by atoms with Crippen molar-refractivity contribution >= 4 is 11.9 Å². The summed E-state index contributed by atoms with van der Waals surface area (Å²) >= 11 is 0. The summed E-state index contributed by atoms with van der Waals surface area (Å²) in [4.78, 5) is 24.1. The number of furan rings is 1. The van der Waals surface area contributed by atoms with Crippen LogP contribution in [0.2, 0.25) is 0 Å². The van der Waals surface area contributed by atoms with Crippen LogP contribution in [0.25, 0.3) is 0 Å². The second-order valence-corrected chi connectivity index (χ2v) is 6.11. The van der Waals surface area contributed by atoms with E-state index in [1.54, 1.807) is 12.1 Å². The Morgan fingerprint density at radius 2 is 2.05 bits per heavy atom. The third-order valence-electron chi connectivity index (χ3n) is 3.32. The van der Waals surface area contributed by atoms with E-state index >= 15 is 0 Å². The zero-order valence-electron chi connectivity index (χ0n) is 12.7. The fourth-order valence-corrected chi connectivity index (χ4v) is 2.46. The molecule has 1 saturated heterocycles. The summed E-state index contributed by atoms with van der Waals surface area (Å²) in [7, 11) is 1.33. The molecule has 1 aromatic rings. The lowest BCUT2D eigenvalue weighted by atomic mass is 9.97. The molecule has 116 valence electrons. The van der Waals surface area contributed by atoms with E-state index < -0.39 is 23.5 Å². The first-order valence-electron chi connectivity index (χ1n) is 6.92. The van der Waals surface area contributed by atoms with Gasteiger partial charge in [-0.05, 0) is 39.3 Å². The van der Waals surface area contributed by atoms with Crippen molar-refractivity contribution in [3.63, 3.8) is 0 Å². The van der Waals surface area contributed by atoms with E-state index in [1.165, 1.54) is 13.4 Å². The molecular weight excluding hydrogens is 274 g/mol. The van der Waals surface area contributed by atoms with Gasteiger partial charge < -0.3 is 13.9 Å². The Morgan fingerprint density at radius 3 is 2.57 bits per heavy atom. The molecule has 0 amide bonds. The Morgan fingerprint density at radius 1 is 1.33 bits per heavy atom. The maximum absolute atomic E-state index is 12.4. The average molecular weight is 295 g/mol. The average Bonchev–Trinajstić information content (AvgIpc) is 3.04. The van der Waals surface area contributed by atoms with E-state index in [4.69, 9.17) is 13.9 Å². The highest BCUT2D eigenvalue weighted by molar-refractivity contribution is 5.80. The van der Waals surface area contributed by atoms with Gasteiger partial charge in [-0.2, -0.15) is 0 Å². The SMILES string of the molecule is COC(=O)[C@@H]1C[C@H](C(=O)OC(C)(C)C)[C@H](c2ccco2)N1. The van der Waals surface area contributed by atoms with Crippen LogP contribution in [0.15, 0.2) is 22.8 Å². The van der Waals surface area contributed by atoms with Crippen LogP contribution in [0.5, 0.6) is 0 Å². The minimum atomic E-state index is -0.575. The van der Waals surface area contributed by atoms with E-state index in [2.05, 4.69) is 5.32 Å². The molecule has 2 heterocycles. The first-order chi connectivity index (χ1) is 9.81. The van der Waals surface area contributed by atoms with Crippen molar-refractivity contribution in [3.05, 3.63) is 24.2 Å². The normalized spacial score (nSPS) is 25.6. The molecule has 6 heteroatoms. The monoisotopic (exact) mass is 295 g/mol. The molecule has 0 unspecified atom stereocenters. The van der Waals surface area contributed by atoms with Gasteiger partial charge in [0.1, 0.15) is 17.4 Å². The summed E-state index contributed by atoms with van der Waals surface area (Å²) in [6, 6.07) is 2.59. The molecule has 1 aliphatic heterocycles. The number of hydrogen-bond acceptors (Lipinski definition) is 6. The molecule has 0 spiro atoms. The van der Waals surface area contributed by atoms with Crippen LogP contribution in [-0.2, 0) is 19.1 Å². The number of rotatable bonds is 3. The Kier molecular flexibility index (Phi) is 4.37. The summed E-state index contributed by atoms with van der Waals surface area (Å²) in [5.74, 6) is -0.614. The van der Waals surface area contributed by atoms with Crippen molar-refractivity contribution in [1.82, 2.24) is 5.32 Å². The number of esters is 2. The zero-order valence-corrected chi connectivity index (χ0v) is 12.7. The molecule has 1 N–H and O–H groups in total. The summed E-state index contributed by atoms with van der Waals surface area (Å²) in [5, 5.41) is 3.09. The van der Waals surface area contributed by atoms with E-state index in [0.29, 0.717) is 12.2 Å². The Bertz CT molecular complexity index is 503. The van der Waals surface area contributed by atoms with Crippen molar-refractivity contribution in [2.75, 3.05) is 7.11 Å². The molecule has 0 bridgehead atoms. The molecule has 1 fully saturated rings. The van der Waals surface area contributed by atoms with Crippen molar-refractivity contribution < 1.29 is 23.5 Å². The topological polar surface area (TPSA) is 77.8 Å². The number of ether oxygens (including phenoxy) is 2. The molecule has 0 saturated carbocycles. The van der Waals surface area contributed by atoms with Gasteiger partial charge in [-0.15, -0.1) is 0 Å². The molecule has 0 aromatic carbocycles. The second kappa shape index (κ2) is 5.89. The van der Waals surface area contributed by atoms with Gasteiger partial charge in [0.15, 0.2) is 0 Å². The van der Waals surface area contributed by atoms with Crippen LogP contribution < -0.4 is 5.32 Å². The number of carbonyl (C=O) groups is 2. The Labute approximate surface area is 123 Å². The highest BCUT2D eigenvalue weighted by Crippen LogP contribution is 2.35. The van der Waals surface area contributed by atoms with Crippen LogP contribution in [-0.4, -0.2) is 30.7 Å². The van der Waals surface area contributed by atoms with Crippen LogP contribution in [0.4, 0.5) is 0 Å². The molecule has 0 aliphatic carbocycles. The van der Waals surface area contributed by atoms with E-state index in [0.717, 1.165) is 0 Å². The number of carbonyl (C=O) groups excluding carboxylic acids is 2. The summed E-state index contributed by atoms with van der Waals surface area (Å²) in [6.07, 6.45) is 1.86. The zero-order chi connectivity index (χ0) is 15.6. The van der Waals surface area contributed by atoms with Crippen LogP contribution >= 0.6 is 0 Å². The third kappa shape index (κ3) is 3.64. The minimum Gasteiger partial charge on any atom is -0.468 e. The molecule has 1 aromatic heterocycles. The number of hydrogen-bond donors (Lipinski definition) is 1. The fraction of sp³-hybridized carbons (Fsp3) is 0.600. The van der Waals surface area contributed by atoms with Gasteiger partial charge in [0.25, 0.3) is 0 Å².